The first kappa shape index (κ1) is 11.7. The topological polar surface area (TPSA) is 39.2 Å². The zero-order valence-electron chi connectivity index (χ0n) is 9.01. The highest BCUT2D eigenvalue weighted by atomic mass is 19.1. The maximum atomic E-state index is 13.5. The van der Waals surface area contributed by atoms with Crippen LogP contribution in [0.1, 0.15) is 22.9 Å². The molecule has 1 aromatic carbocycles. The molecule has 5 heteroatoms. The number of hydrogen-bond acceptors (Lipinski definition) is 2. The first-order valence-corrected chi connectivity index (χ1v) is 4.94. The van der Waals surface area contributed by atoms with Crippen molar-refractivity contribution in [2.75, 3.05) is 0 Å². The monoisotopic (exact) mass is 241 g/mol. The summed E-state index contributed by atoms with van der Waals surface area (Å²) >= 11 is 0. The van der Waals surface area contributed by atoms with Gasteiger partial charge in [0.05, 0.1) is 12.3 Å². The molecule has 90 valence electrons. The Bertz CT molecular complexity index is 527. The predicted molar refractivity (Wildman–Crippen MR) is 55.8 cm³/mol. The second-order valence-electron chi connectivity index (χ2n) is 3.75. The molecule has 2 N–H and O–H groups in total. The molecule has 1 aromatic heterocycles. The molecule has 1 unspecified atom stereocenters. The third-order valence-corrected chi connectivity index (χ3v) is 2.46. The molecule has 0 amide bonds. The van der Waals surface area contributed by atoms with Gasteiger partial charge < -0.3 is 10.2 Å². The van der Waals surface area contributed by atoms with Gasteiger partial charge in [-0.25, -0.2) is 13.2 Å². The molecule has 0 fully saturated rings. The van der Waals surface area contributed by atoms with Crippen molar-refractivity contribution in [1.82, 2.24) is 0 Å². The lowest BCUT2D eigenvalue weighted by atomic mass is 10.0. The van der Waals surface area contributed by atoms with Gasteiger partial charge in [-0.05, 0) is 13.0 Å². The highest BCUT2D eigenvalue weighted by Crippen LogP contribution is 2.26. The summed E-state index contributed by atoms with van der Waals surface area (Å²) < 4.78 is 44.7. The van der Waals surface area contributed by atoms with E-state index in [1.165, 1.54) is 6.26 Å². The SMILES string of the molecule is Cc1cc(C(N)c2c(F)cc(F)cc2F)co1. The molecular formula is C12H10F3NO. The molecule has 0 aliphatic heterocycles. The van der Waals surface area contributed by atoms with E-state index in [-0.39, 0.29) is 5.56 Å². The number of benzene rings is 1. The van der Waals surface area contributed by atoms with Gasteiger partial charge in [-0.15, -0.1) is 0 Å². The number of nitrogens with two attached hydrogens (primary N) is 1. The van der Waals surface area contributed by atoms with Crippen LogP contribution in [0.4, 0.5) is 13.2 Å². The van der Waals surface area contributed by atoms with Gasteiger partial charge in [0, 0.05) is 23.3 Å². The van der Waals surface area contributed by atoms with E-state index in [0.717, 1.165) is 0 Å². The van der Waals surface area contributed by atoms with Crippen molar-refractivity contribution < 1.29 is 17.6 Å². The summed E-state index contributed by atoms with van der Waals surface area (Å²) in [5.74, 6) is -2.40. The van der Waals surface area contributed by atoms with Gasteiger partial charge in [0.2, 0.25) is 0 Å². The molecule has 0 saturated carbocycles. The van der Waals surface area contributed by atoms with E-state index in [2.05, 4.69) is 0 Å². The van der Waals surface area contributed by atoms with E-state index in [0.29, 0.717) is 23.5 Å². The van der Waals surface area contributed by atoms with Crippen LogP contribution in [0.5, 0.6) is 0 Å². The normalized spacial score (nSPS) is 12.8. The average Bonchev–Trinajstić information content (AvgIpc) is 2.63. The highest BCUT2D eigenvalue weighted by molar-refractivity contribution is 5.32. The Morgan fingerprint density at radius 3 is 2.18 bits per heavy atom. The Morgan fingerprint density at radius 1 is 1.12 bits per heavy atom. The van der Waals surface area contributed by atoms with E-state index in [4.69, 9.17) is 10.2 Å². The van der Waals surface area contributed by atoms with Crippen LogP contribution in [0.15, 0.2) is 28.9 Å². The average molecular weight is 241 g/mol. The molecule has 17 heavy (non-hydrogen) atoms. The fourth-order valence-corrected chi connectivity index (χ4v) is 1.64. The van der Waals surface area contributed by atoms with Gasteiger partial charge in [0.15, 0.2) is 0 Å². The maximum Gasteiger partial charge on any atom is 0.134 e. The zero-order valence-corrected chi connectivity index (χ0v) is 9.01. The summed E-state index contributed by atoms with van der Waals surface area (Å²) in [6.45, 7) is 1.69. The maximum absolute atomic E-state index is 13.5. The molecule has 0 radical (unpaired) electrons. The second-order valence-corrected chi connectivity index (χ2v) is 3.75. The van der Waals surface area contributed by atoms with Crippen molar-refractivity contribution >= 4 is 0 Å². The highest BCUT2D eigenvalue weighted by Gasteiger charge is 2.20. The second kappa shape index (κ2) is 4.25. The molecular weight excluding hydrogens is 231 g/mol. The number of hydrogen-bond donors (Lipinski definition) is 1. The third-order valence-electron chi connectivity index (χ3n) is 2.46. The molecule has 0 spiro atoms. The van der Waals surface area contributed by atoms with Crippen molar-refractivity contribution in [2.24, 2.45) is 5.73 Å². The first-order valence-electron chi connectivity index (χ1n) is 4.94. The molecule has 2 aromatic rings. The lowest BCUT2D eigenvalue weighted by Crippen LogP contribution is -2.15. The van der Waals surface area contributed by atoms with Gasteiger partial charge in [-0.3, -0.25) is 0 Å². The van der Waals surface area contributed by atoms with Crippen molar-refractivity contribution in [3.05, 3.63) is 58.8 Å². The van der Waals surface area contributed by atoms with Gasteiger partial charge >= 0.3 is 0 Å². The molecule has 0 saturated heterocycles. The van der Waals surface area contributed by atoms with E-state index in [1.54, 1.807) is 13.0 Å². The molecule has 2 rings (SSSR count). The molecule has 0 bridgehead atoms. The Balaban J connectivity index is 2.47. The minimum atomic E-state index is -1.02. The molecule has 0 aliphatic carbocycles. The quantitative estimate of drug-likeness (QED) is 0.877. The number of halogens is 3. The standard InChI is InChI=1S/C12H10F3NO/c1-6-2-7(5-17-6)12(16)11-9(14)3-8(13)4-10(11)15/h2-5,12H,16H2,1H3. The van der Waals surface area contributed by atoms with Crippen LogP contribution < -0.4 is 5.73 Å². The van der Waals surface area contributed by atoms with E-state index >= 15 is 0 Å². The van der Waals surface area contributed by atoms with Crippen LogP contribution in [0.25, 0.3) is 0 Å². The number of furan rings is 1. The van der Waals surface area contributed by atoms with Crippen LogP contribution in [0, 0.1) is 24.4 Å². The number of rotatable bonds is 2. The Labute approximate surface area is 95.8 Å². The number of aryl methyl sites for hydroxylation is 1. The van der Waals surface area contributed by atoms with Crippen LogP contribution in [-0.2, 0) is 0 Å². The summed E-state index contributed by atoms with van der Waals surface area (Å²) in [6.07, 6.45) is 1.32. The Kier molecular flexibility index (Phi) is 2.93. The first-order chi connectivity index (χ1) is 7.99. The van der Waals surface area contributed by atoms with Crippen molar-refractivity contribution in [3.63, 3.8) is 0 Å². The summed E-state index contributed by atoms with van der Waals surface area (Å²) in [5, 5.41) is 0. The van der Waals surface area contributed by atoms with Crippen molar-refractivity contribution in [3.8, 4) is 0 Å². The van der Waals surface area contributed by atoms with E-state index < -0.39 is 23.5 Å². The van der Waals surface area contributed by atoms with Gasteiger partial charge in [0.1, 0.15) is 23.2 Å². The van der Waals surface area contributed by atoms with Crippen molar-refractivity contribution in [2.45, 2.75) is 13.0 Å². The lowest BCUT2D eigenvalue weighted by Gasteiger charge is -2.12. The fraction of sp³-hybridized carbons (Fsp3) is 0.167. The van der Waals surface area contributed by atoms with Gasteiger partial charge in [-0.2, -0.15) is 0 Å². The smallest absolute Gasteiger partial charge is 0.134 e. The largest absolute Gasteiger partial charge is 0.469 e. The zero-order chi connectivity index (χ0) is 12.6. The summed E-state index contributed by atoms with van der Waals surface area (Å²) in [5.41, 5.74) is 5.79. The fourth-order valence-electron chi connectivity index (χ4n) is 1.64. The minimum absolute atomic E-state index is 0.368. The summed E-state index contributed by atoms with van der Waals surface area (Å²) in [4.78, 5) is 0. The van der Waals surface area contributed by atoms with E-state index in [1.807, 2.05) is 0 Å². The Hall–Kier alpha value is -1.75. The predicted octanol–water partition coefficient (Wildman–Crippen LogP) is 3.05. The van der Waals surface area contributed by atoms with Gasteiger partial charge in [0.25, 0.3) is 0 Å². The van der Waals surface area contributed by atoms with Crippen LogP contribution in [0.2, 0.25) is 0 Å². The Morgan fingerprint density at radius 2 is 1.71 bits per heavy atom. The van der Waals surface area contributed by atoms with Crippen molar-refractivity contribution in [1.29, 1.82) is 0 Å². The van der Waals surface area contributed by atoms with E-state index in [9.17, 15) is 13.2 Å². The molecule has 0 aliphatic rings. The van der Waals surface area contributed by atoms with Crippen LogP contribution in [-0.4, -0.2) is 0 Å². The van der Waals surface area contributed by atoms with Gasteiger partial charge in [-0.1, -0.05) is 0 Å². The molecule has 1 atom stereocenters. The molecule has 2 nitrogen and oxygen atoms in total. The lowest BCUT2D eigenvalue weighted by molar-refractivity contribution is 0.510. The summed E-state index contributed by atoms with van der Waals surface area (Å²) in [6, 6.07) is 1.76. The minimum Gasteiger partial charge on any atom is -0.469 e. The van der Waals surface area contributed by atoms with Crippen LogP contribution >= 0.6 is 0 Å². The summed E-state index contributed by atoms with van der Waals surface area (Å²) in [7, 11) is 0. The van der Waals surface area contributed by atoms with Crippen LogP contribution in [0.3, 0.4) is 0 Å². The third kappa shape index (κ3) is 2.19. The molecule has 1 heterocycles.